The normalized spacial score (nSPS) is 11.4. The molecule has 1 amide bonds. The molecule has 2 rings (SSSR count). The van der Waals surface area contributed by atoms with E-state index < -0.39 is 9.84 Å². The maximum atomic E-state index is 12.1. The molecule has 0 saturated carbocycles. The number of ether oxygens (including phenoxy) is 1. The van der Waals surface area contributed by atoms with E-state index in [0.717, 1.165) is 10.7 Å². The number of carbonyl (C=O) groups excluding carboxylic acids is 1. The standard InChI is InChI=1S/C16H20N2O4S2/c1-12-18-14(11-23-12)7-8-17-16(19)13-3-5-15(6-4-13)24(20,21)10-9-22-2/h3-6,11H,7-10H2,1-2H3,(H,17,19). The fourth-order valence-electron chi connectivity index (χ4n) is 2.05. The van der Waals surface area contributed by atoms with Crippen LogP contribution >= 0.6 is 11.3 Å². The van der Waals surface area contributed by atoms with Gasteiger partial charge < -0.3 is 10.1 Å². The number of benzene rings is 1. The third-order valence-corrected chi connectivity index (χ3v) is 5.88. The van der Waals surface area contributed by atoms with Crippen LogP contribution in [-0.4, -0.2) is 45.3 Å². The molecular formula is C16H20N2O4S2. The minimum atomic E-state index is -3.38. The van der Waals surface area contributed by atoms with Crippen molar-refractivity contribution in [1.82, 2.24) is 10.3 Å². The van der Waals surface area contributed by atoms with E-state index in [1.54, 1.807) is 11.3 Å². The Hall–Kier alpha value is -1.77. The van der Waals surface area contributed by atoms with Gasteiger partial charge in [0.2, 0.25) is 0 Å². The van der Waals surface area contributed by atoms with Crippen molar-refractivity contribution >= 4 is 27.1 Å². The molecule has 8 heteroatoms. The Kier molecular flexibility index (Phi) is 6.47. The third kappa shape index (κ3) is 5.12. The van der Waals surface area contributed by atoms with Crippen LogP contribution in [0.2, 0.25) is 0 Å². The average Bonchev–Trinajstić information content (AvgIpc) is 2.98. The van der Waals surface area contributed by atoms with Gasteiger partial charge in [0.15, 0.2) is 9.84 Å². The second-order valence-electron chi connectivity index (χ2n) is 5.20. The fourth-order valence-corrected chi connectivity index (χ4v) is 3.87. The number of sulfone groups is 1. The third-order valence-electron chi connectivity index (χ3n) is 3.37. The molecular weight excluding hydrogens is 348 g/mol. The van der Waals surface area contributed by atoms with Crippen molar-refractivity contribution < 1.29 is 17.9 Å². The summed E-state index contributed by atoms with van der Waals surface area (Å²) in [7, 11) is -1.93. The van der Waals surface area contributed by atoms with E-state index in [1.807, 2.05) is 12.3 Å². The summed E-state index contributed by atoms with van der Waals surface area (Å²) in [4.78, 5) is 16.6. The van der Waals surface area contributed by atoms with E-state index >= 15 is 0 Å². The fraction of sp³-hybridized carbons (Fsp3) is 0.375. The van der Waals surface area contributed by atoms with Gasteiger partial charge in [-0.2, -0.15) is 0 Å². The summed E-state index contributed by atoms with van der Waals surface area (Å²) in [5, 5.41) is 5.78. The highest BCUT2D eigenvalue weighted by molar-refractivity contribution is 7.91. The lowest BCUT2D eigenvalue weighted by Gasteiger charge is -2.06. The van der Waals surface area contributed by atoms with Crippen molar-refractivity contribution in [3.8, 4) is 0 Å². The molecule has 2 aromatic rings. The van der Waals surface area contributed by atoms with Gasteiger partial charge >= 0.3 is 0 Å². The number of thiazole rings is 1. The molecule has 0 radical (unpaired) electrons. The van der Waals surface area contributed by atoms with E-state index in [0.29, 0.717) is 18.5 Å². The quantitative estimate of drug-likeness (QED) is 0.768. The smallest absolute Gasteiger partial charge is 0.251 e. The number of carbonyl (C=O) groups is 1. The van der Waals surface area contributed by atoms with Crippen LogP contribution in [0.4, 0.5) is 0 Å². The Morgan fingerprint density at radius 2 is 2.00 bits per heavy atom. The number of aromatic nitrogens is 1. The number of nitrogens with one attached hydrogen (secondary N) is 1. The van der Waals surface area contributed by atoms with Gasteiger partial charge in [0, 0.05) is 31.0 Å². The summed E-state index contributed by atoms with van der Waals surface area (Å²) in [5.41, 5.74) is 1.38. The zero-order valence-corrected chi connectivity index (χ0v) is 15.2. The Bertz CT molecular complexity index is 783. The molecule has 0 saturated heterocycles. The lowest BCUT2D eigenvalue weighted by atomic mass is 10.2. The first kappa shape index (κ1) is 18.6. The largest absolute Gasteiger partial charge is 0.384 e. The number of hydrogen-bond donors (Lipinski definition) is 1. The zero-order valence-electron chi connectivity index (χ0n) is 13.6. The SMILES string of the molecule is COCCS(=O)(=O)c1ccc(C(=O)NCCc2csc(C)n2)cc1. The molecule has 6 nitrogen and oxygen atoms in total. The summed E-state index contributed by atoms with van der Waals surface area (Å²) in [6.45, 7) is 2.56. The molecule has 24 heavy (non-hydrogen) atoms. The van der Waals surface area contributed by atoms with E-state index in [9.17, 15) is 13.2 Å². The monoisotopic (exact) mass is 368 g/mol. The maximum Gasteiger partial charge on any atom is 0.251 e. The summed E-state index contributed by atoms with van der Waals surface area (Å²) in [5.74, 6) is -0.315. The number of hydrogen-bond acceptors (Lipinski definition) is 6. The Morgan fingerprint density at radius 1 is 1.29 bits per heavy atom. The molecule has 0 aliphatic heterocycles. The summed E-state index contributed by atoms with van der Waals surface area (Å²) < 4.78 is 28.8. The average molecular weight is 368 g/mol. The molecule has 1 heterocycles. The summed E-state index contributed by atoms with van der Waals surface area (Å²) >= 11 is 1.58. The number of amides is 1. The van der Waals surface area contributed by atoms with Gasteiger partial charge in [0.1, 0.15) is 0 Å². The number of aryl methyl sites for hydroxylation is 1. The maximum absolute atomic E-state index is 12.1. The predicted molar refractivity (Wildman–Crippen MR) is 93.3 cm³/mol. The molecule has 1 aromatic carbocycles. The van der Waals surface area contributed by atoms with Crippen LogP contribution in [0.15, 0.2) is 34.5 Å². The molecule has 0 aliphatic rings. The van der Waals surface area contributed by atoms with Crippen molar-refractivity contribution in [2.24, 2.45) is 0 Å². The predicted octanol–water partition coefficient (Wildman–Crippen LogP) is 1.84. The second-order valence-corrected chi connectivity index (χ2v) is 8.37. The van der Waals surface area contributed by atoms with Crippen LogP contribution in [0.25, 0.3) is 0 Å². The minimum absolute atomic E-state index is 0.0812. The molecule has 1 N–H and O–H groups in total. The topological polar surface area (TPSA) is 85.4 Å². The summed E-state index contributed by atoms with van der Waals surface area (Å²) in [6.07, 6.45) is 0.666. The Balaban J connectivity index is 1.91. The van der Waals surface area contributed by atoms with Gasteiger partial charge in [-0.1, -0.05) is 0 Å². The van der Waals surface area contributed by atoms with Crippen molar-refractivity contribution in [3.63, 3.8) is 0 Å². The lowest BCUT2D eigenvalue weighted by Crippen LogP contribution is -2.25. The second kappa shape index (κ2) is 8.36. The minimum Gasteiger partial charge on any atom is -0.384 e. The van der Waals surface area contributed by atoms with Gasteiger partial charge in [0.05, 0.1) is 28.0 Å². The molecule has 130 valence electrons. The Morgan fingerprint density at radius 3 is 2.58 bits per heavy atom. The molecule has 0 bridgehead atoms. The van der Waals surface area contributed by atoms with Crippen LogP contribution in [0.3, 0.4) is 0 Å². The van der Waals surface area contributed by atoms with Crippen molar-refractivity contribution in [1.29, 1.82) is 0 Å². The lowest BCUT2D eigenvalue weighted by molar-refractivity contribution is 0.0954. The van der Waals surface area contributed by atoms with E-state index in [-0.39, 0.29) is 23.2 Å². The number of rotatable bonds is 8. The first-order chi connectivity index (χ1) is 11.4. The Labute approximate surface area is 145 Å². The van der Waals surface area contributed by atoms with Crippen molar-refractivity contribution in [2.75, 3.05) is 26.0 Å². The molecule has 0 atom stereocenters. The highest BCUT2D eigenvalue weighted by Crippen LogP contribution is 2.13. The van der Waals surface area contributed by atoms with E-state index in [4.69, 9.17) is 4.74 Å². The summed E-state index contributed by atoms with van der Waals surface area (Å²) in [6, 6.07) is 5.93. The van der Waals surface area contributed by atoms with Crippen LogP contribution in [0.1, 0.15) is 21.1 Å². The van der Waals surface area contributed by atoms with Gasteiger partial charge in [-0.15, -0.1) is 11.3 Å². The zero-order chi connectivity index (χ0) is 17.6. The number of nitrogens with zero attached hydrogens (tertiary/aromatic N) is 1. The van der Waals surface area contributed by atoms with Gasteiger partial charge in [-0.3, -0.25) is 4.79 Å². The molecule has 1 aromatic heterocycles. The van der Waals surface area contributed by atoms with Gasteiger partial charge in [0.25, 0.3) is 5.91 Å². The van der Waals surface area contributed by atoms with Crippen LogP contribution in [-0.2, 0) is 21.0 Å². The molecule has 0 unspecified atom stereocenters. The van der Waals surface area contributed by atoms with E-state index in [2.05, 4.69) is 10.3 Å². The van der Waals surface area contributed by atoms with Crippen LogP contribution in [0.5, 0.6) is 0 Å². The highest BCUT2D eigenvalue weighted by Gasteiger charge is 2.15. The first-order valence-electron chi connectivity index (χ1n) is 7.43. The van der Waals surface area contributed by atoms with Gasteiger partial charge in [-0.05, 0) is 31.2 Å². The van der Waals surface area contributed by atoms with E-state index in [1.165, 1.54) is 31.4 Å². The van der Waals surface area contributed by atoms with Crippen LogP contribution in [0, 0.1) is 6.92 Å². The first-order valence-corrected chi connectivity index (χ1v) is 9.96. The number of methoxy groups -OCH3 is 1. The molecule has 0 aliphatic carbocycles. The van der Waals surface area contributed by atoms with Crippen molar-refractivity contribution in [2.45, 2.75) is 18.2 Å². The highest BCUT2D eigenvalue weighted by atomic mass is 32.2. The molecule has 0 fully saturated rings. The van der Waals surface area contributed by atoms with Crippen molar-refractivity contribution in [3.05, 3.63) is 45.9 Å². The van der Waals surface area contributed by atoms with Gasteiger partial charge in [-0.25, -0.2) is 13.4 Å². The molecule has 0 spiro atoms. The van der Waals surface area contributed by atoms with Crippen LogP contribution < -0.4 is 5.32 Å².